The molecule has 0 saturated carbocycles. The predicted octanol–water partition coefficient (Wildman–Crippen LogP) is 3.55. The van der Waals surface area contributed by atoms with E-state index >= 15 is 0 Å². The second kappa shape index (κ2) is 9.61. The van der Waals surface area contributed by atoms with Gasteiger partial charge in [-0.15, -0.1) is 0 Å². The fourth-order valence-corrected chi connectivity index (χ4v) is 2.67. The summed E-state index contributed by atoms with van der Waals surface area (Å²) in [7, 11) is 3.13. The van der Waals surface area contributed by atoms with E-state index in [1.165, 1.54) is 5.56 Å². The lowest BCUT2D eigenvalue weighted by Gasteiger charge is -2.13. The molecule has 2 rings (SSSR count). The summed E-state index contributed by atoms with van der Waals surface area (Å²) in [6, 6.07) is 13.0. The van der Waals surface area contributed by atoms with Gasteiger partial charge in [-0.2, -0.15) is 0 Å². The van der Waals surface area contributed by atoms with Gasteiger partial charge in [0.15, 0.2) is 17.3 Å². The highest BCUT2D eigenvalue weighted by Gasteiger charge is 2.12. The number of ketones is 1. The van der Waals surface area contributed by atoms with Gasteiger partial charge in [-0.05, 0) is 18.1 Å². The van der Waals surface area contributed by atoms with Gasteiger partial charge >= 0.3 is 0 Å². The van der Waals surface area contributed by atoms with Crippen LogP contribution in [0.3, 0.4) is 0 Å². The van der Waals surface area contributed by atoms with E-state index < -0.39 is 0 Å². The lowest BCUT2D eigenvalue weighted by molar-refractivity contribution is -0.121. The Balaban J connectivity index is 1.86. The van der Waals surface area contributed by atoms with Crippen molar-refractivity contribution in [1.82, 2.24) is 5.32 Å². The molecule has 0 aromatic heterocycles. The minimum atomic E-state index is -0.173. The number of amides is 1. The summed E-state index contributed by atoms with van der Waals surface area (Å²) in [4.78, 5) is 24.3. The van der Waals surface area contributed by atoms with Gasteiger partial charge in [-0.1, -0.05) is 43.3 Å². The number of Topliss-reactive ketones (excluding diaryl/α,β-unsaturated/α-hetero) is 1. The van der Waals surface area contributed by atoms with Crippen molar-refractivity contribution in [3.8, 4) is 11.5 Å². The molecule has 1 amide bonds. The first-order chi connectivity index (χ1) is 12.6. The van der Waals surface area contributed by atoms with Crippen molar-refractivity contribution < 1.29 is 19.1 Å². The van der Waals surface area contributed by atoms with Crippen LogP contribution in [-0.4, -0.2) is 25.9 Å². The molecule has 5 heteroatoms. The second-order valence-corrected chi connectivity index (χ2v) is 5.90. The number of benzene rings is 2. The lowest BCUT2D eigenvalue weighted by atomic mass is 10.0. The number of nitrogens with one attached hydrogen (secondary N) is 1. The number of aryl methyl sites for hydroxylation is 1. The number of rotatable bonds is 9. The fraction of sp³-hybridized carbons (Fsp3) is 0.333. The van der Waals surface area contributed by atoms with Gasteiger partial charge < -0.3 is 14.8 Å². The first-order valence-corrected chi connectivity index (χ1v) is 8.67. The van der Waals surface area contributed by atoms with Gasteiger partial charge in [0.2, 0.25) is 5.91 Å². The van der Waals surface area contributed by atoms with E-state index in [-0.39, 0.29) is 24.5 Å². The maximum atomic E-state index is 12.2. The van der Waals surface area contributed by atoms with Crippen LogP contribution in [-0.2, 0) is 17.8 Å². The van der Waals surface area contributed by atoms with Gasteiger partial charge in [0.25, 0.3) is 0 Å². The minimum absolute atomic E-state index is 0.0261. The SMILES string of the molecule is CCc1ccc(C(=O)CCC(=O)NCc2cccc(OC)c2OC)cc1. The van der Waals surface area contributed by atoms with Crippen molar-refractivity contribution in [3.63, 3.8) is 0 Å². The maximum Gasteiger partial charge on any atom is 0.220 e. The Hall–Kier alpha value is -2.82. The van der Waals surface area contributed by atoms with Crippen molar-refractivity contribution in [1.29, 1.82) is 0 Å². The summed E-state index contributed by atoms with van der Waals surface area (Å²) >= 11 is 0. The molecular weight excluding hydrogens is 330 g/mol. The van der Waals surface area contributed by atoms with E-state index in [4.69, 9.17) is 9.47 Å². The Morgan fingerprint density at radius 1 is 0.962 bits per heavy atom. The highest BCUT2D eigenvalue weighted by Crippen LogP contribution is 2.30. The van der Waals surface area contributed by atoms with Crippen molar-refractivity contribution in [2.75, 3.05) is 14.2 Å². The van der Waals surface area contributed by atoms with Crippen LogP contribution >= 0.6 is 0 Å². The van der Waals surface area contributed by atoms with Gasteiger partial charge in [0.1, 0.15) is 0 Å². The molecule has 0 atom stereocenters. The molecule has 2 aromatic carbocycles. The van der Waals surface area contributed by atoms with E-state index in [9.17, 15) is 9.59 Å². The van der Waals surface area contributed by atoms with E-state index in [0.29, 0.717) is 23.6 Å². The van der Waals surface area contributed by atoms with Crippen LogP contribution in [0.25, 0.3) is 0 Å². The van der Waals surface area contributed by atoms with Crippen molar-refractivity contribution in [3.05, 3.63) is 59.2 Å². The number of hydrogen-bond acceptors (Lipinski definition) is 4. The minimum Gasteiger partial charge on any atom is -0.493 e. The van der Waals surface area contributed by atoms with E-state index in [1.807, 2.05) is 36.4 Å². The molecule has 0 aliphatic heterocycles. The highest BCUT2D eigenvalue weighted by molar-refractivity contribution is 5.97. The summed E-state index contributed by atoms with van der Waals surface area (Å²) in [6.07, 6.45) is 1.28. The zero-order chi connectivity index (χ0) is 18.9. The molecule has 0 fully saturated rings. The molecule has 1 N–H and O–H groups in total. The van der Waals surface area contributed by atoms with E-state index in [1.54, 1.807) is 20.3 Å². The Morgan fingerprint density at radius 3 is 2.31 bits per heavy atom. The third kappa shape index (κ3) is 5.09. The average Bonchev–Trinajstić information content (AvgIpc) is 2.69. The molecule has 26 heavy (non-hydrogen) atoms. The monoisotopic (exact) mass is 355 g/mol. The Labute approximate surface area is 154 Å². The summed E-state index contributed by atoms with van der Waals surface area (Å²) in [5.41, 5.74) is 2.65. The molecule has 0 aliphatic carbocycles. The maximum absolute atomic E-state index is 12.2. The van der Waals surface area contributed by atoms with Crippen molar-refractivity contribution >= 4 is 11.7 Å². The number of carbonyl (C=O) groups is 2. The molecule has 138 valence electrons. The number of carbonyl (C=O) groups excluding carboxylic acids is 2. The van der Waals surface area contributed by atoms with Crippen molar-refractivity contribution in [2.24, 2.45) is 0 Å². The first-order valence-electron chi connectivity index (χ1n) is 8.67. The van der Waals surface area contributed by atoms with Gasteiger partial charge in [-0.3, -0.25) is 9.59 Å². The first kappa shape index (κ1) is 19.5. The topological polar surface area (TPSA) is 64.6 Å². The molecule has 0 radical (unpaired) electrons. The molecule has 0 bridgehead atoms. The molecule has 5 nitrogen and oxygen atoms in total. The molecule has 0 spiro atoms. The quantitative estimate of drug-likeness (QED) is 0.699. The number of para-hydroxylation sites is 1. The summed E-state index contributed by atoms with van der Waals surface area (Å²) < 4.78 is 10.6. The third-order valence-corrected chi connectivity index (χ3v) is 4.22. The molecule has 0 aliphatic rings. The van der Waals surface area contributed by atoms with Gasteiger partial charge in [-0.25, -0.2) is 0 Å². The molecule has 2 aromatic rings. The average molecular weight is 355 g/mol. The van der Waals surface area contributed by atoms with Gasteiger partial charge in [0.05, 0.1) is 14.2 Å². The van der Waals surface area contributed by atoms with Crippen LogP contribution < -0.4 is 14.8 Å². The van der Waals surface area contributed by atoms with Crippen LogP contribution in [0.2, 0.25) is 0 Å². The largest absolute Gasteiger partial charge is 0.493 e. The standard InChI is InChI=1S/C21H25NO4/c1-4-15-8-10-16(11-9-15)18(23)12-13-20(24)22-14-17-6-5-7-19(25-2)21(17)26-3/h5-11H,4,12-14H2,1-3H3,(H,22,24). The zero-order valence-corrected chi connectivity index (χ0v) is 15.5. The summed E-state index contributed by atoms with van der Waals surface area (Å²) in [5, 5.41) is 2.82. The second-order valence-electron chi connectivity index (χ2n) is 5.90. The molecular formula is C21H25NO4. The molecule has 0 heterocycles. The van der Waals surface area contributed by atoms with Crippen LogP contribution in [0.15, 0.2) is 42.5 Å². The third-order valence-electron chi connectivity index (χ3n) is 4.22. The molecule has 0 unspecified atom stereocenters. The Kier molecular flexibility index (Phi) is 7.21. The fourth-order valence-electron chi connectivity index (χ4n) is 2.67. The smallest absolute Gasteiger partial charge is 0.220 e. The Bertz CT molecular complexity index is 753. The predicted molar refractivity (Wildman–Crippen MR) is 101 cm³/mol. The Morgan fingerprint density at radius 2 is 1.69 bits per heavy atom. The number of methoxy groups -OCH3 is 2. The van der Waals surface area contributed by atoms with Crippen LogP contribution in [0.1, 0.15) is 41.3 Å². The number of ether oxygens (including phenoxy) is 2. The van der Waals surface area contributed by atoms with Crippen LogP contribution in [0.5, 0.6) is 11.5 Å². The van der Waals surface area contributed by atoms with Crippen molar-refractivity contribution in [2.45, 2.75) is 32.7 Å². The lowest BCUT2D eigenvalue weighted by Crippen LogP contribution is -2.23. The summed E-state index contributed by atoms with van der Waals surface area (Å²) in [6.45, 7) is 2.39. The van der Waals surface area contributed by atoms with Gasteiger partial charge in [0, 0.05) is 30.5 Å². The van der Waals surface area contributed by atoms with Crippen LogP contribution in [0, 0.1) is 0 Å². The van der Waals surface area contributed by atoms with E-state index in [2.05, 4.69) is 12.2 Å². The van der Waals surface area contributed by atoms with E-state index in [0.717, 1.165) is 12.0 Å². The normalized spacial score (nSPS) is 10.3. The highest BCUT2D eigenvalue weighted by atomic mass is 16.5. The zero-order valence-electron chi connectivity index (χ0n) is 15.5. The van der Waals surface area contributed by atoms with Crippen LogP contribution in [0.4, 0.5) is 0 Å². The summed E-state index contributed by atoms with van der Waals surface area (Å²) in [5.74, 6) is 1.02. The number of hydrogen-bond donors (Lipinski definition) is 1. The molecule has 0 saturated heterocycles.